The minimum absolute atomic E-state index is 0.121. The van der Waals surface area contributed by atoms with Gasteiger partial charge in [-0.15, -0.1) is 0 Å². The van der Waals surface area contributed by atoms with E-state index in [-0.39, 0.29) is 17.2 Å². The largest absolute Gasteiger partial charge is 0.349 e. The summed E-state index contributed by atoms with van der Waals surface area (Å²) in [5.41, 5.74) is 2.03. The minimum atomic E-state index is -3.07. The first-order chi connectivity index (χ1) is 11.4. The number of hydrogen-bond donors (Lipinski definition) is 2. The maximum Gasteiger partial charge on any atom is 0.255 e. The predicted molar refractivity (Wildman–Crippen MR) is 92.4 cm³/mol. The molecule has 1 aromatic carbocycles. The van der Waals surface area contributed by atoms with Gasteiger partial charge < -0.3 is 5.32 Å². The average molecular weight is 347 g/mol. The average Bonchev–Trinajstić information content (AvgIpc) is 3.05. The van der Waals surface area contributed by atoms with Gasteiger partial charge in [-0.05, 0) is 19.3 Å². The fraction of sp³-hybridized carbons (Fsp3) is 0.412. The standard InChI is InChI=1S/C17H21N3O3S/c1-24(22,23)14-9-5-8-13(10-14)19-17(21)15-11-18-20-16(15)12-6-3-2-4-7-12/h2-4,6-7,11,13-14H,5,8-10H2,1H3,(H,18,20)(H,19,21)/t13-,14+/m0/s1. The lowest BCUT2D eigenvalue weighted by atomic mass is 9.94. The number of carbonyl (C=O) groups is 1. The molecule has 0 aliphatic heterocycles. The van der Waals surface area contributed by atoms with E-state index in [1.807, 2.05) is 30.3 Å². The van der Waals surface area contributed by atoms with Crippen molar-refractivity contribution in [3.05, 3.63) is 42.1 Å². The molecule has 3 rings (SSSR count). The van der Waals surface area contributed by atoms with Gasteiger partial charge in [0, 0.05) is 17.9 Å². The number of amides is 1. The monoisotopic (exact) mass is 347 g/mol. The summed E-state index contributed by atoms with van der Waals surface area (Å²) in [6.45, 7) is 0. The number of benzene rings is 1. The Labute approximate surface area is 141 Å². The van der Waals surface area contributed by atoms with Crippen LogP contribution in [0.15, 0.2) is 36.5 Å². The van der Waals surface area contributed by atoms with Crippen LogP contribution in [0.3, 0.4) is 0 Å². The first-order valence-electron chi connectivity index (χ1n) is 8.03. The summed E-state index contributed by atoms with van der Waals surface area (Å²) < 4.78 is 23.5. The van der Waals surface area contributed by atoms with Crippen LogP contribution in [0.5, 0.6) is 0 Å². The van der Waals surface area contributed by atoms with Crippen molar-refractivity contribution in [1.82, 2.24) is 15.5 Å². The van der Waals surface area contributed by atoms with Gasteiger partial charge >= 0.3 is 0 Å². The molecule has 2 N–H and O–H groups in total. The number of carbonyl (C=O) groups excluding carboxylic acids is 1. The first-order valence-corrected chi connectivity index (χ1v) is 9.99. The van der Waals surface area contributed by atoms with E-state index in [1.54, 1.807) is 0 Å². The number of sulfone groups is 1. The highest BCUT2D eigenvalue weighted by Gasteiger charge is 2.30. The zero-order chi connectivity index (χ0) is 17.2. The van der Waals surface area contributed by atoms with E-state index < -0.39 is 9.84 Å². The summed E-state index contributed by atoms with van der Waals surface area (Å²) in [5, 5.41) is 9.46. The molecule has 128 valence electrons. The summed E-state index contributed by atoms with van der Waals surface area (Å²) in [4.78, 5) is 12.6. The zero-order valence-electron chi connectivity index (χ0n) is 13.5. The van der Waals surface area contributed by atoms with Gasteiger partial charge in [0.25, 0.3) is 5.91 Å². The van der Waals surface area contributed by atoms with Crippen LogP contribution in [0.2, 0.25) is 0 Å². The molecule has 0 spiro atoms. The second-order valence-corrected chi connectivity index (χ2v) is 8.64. The molecule has 2 atom stereocenters. The third kappa shape index (κ3) is 3.67. The van der Waals surface area contributed by atoms with Crippen LogP contribution in [-0.4, -0.2) is 42.1 Å². The maximum absolute atomic E-state index is 12.6. The minimum Gasteiger partial charge on any atom is -0.349 e. The number of H-pyrrole nitrogens is 1. The van der Waals surface area contributed by atoms with E-state index in [2.05, 4.69) is 15.5 Å². The molecule has 24 heavy (non-hydrogen) atoms. The topological polar surface area (TPSA) is 91.9 Å². The molecule has 1 heterocycles. The highest BCUT2D eigenvalue weighted by Crippen LogP contribution is 2.25. The van der Waals surface area contributed by atoms with Crippen molar-refractivity contribution in [3.8, 4) is 11.3 Å². The lowest BCUT2D eigenvalue weighted by molar-refractivity contribution is 0.0928. The predicted octanol–water partition coefficient (Wildman–Crippen LogP) is 2.16. The van der Waals surface area contributed by atoms with E-state index in [1.165, 1.54) is 12.5 Å². The molecule has 0 saturated heterocycles. The van der Waals surface area contributed by atoms with E-state index in [0.29, 0.717) is 24.1 Å². The maximum atomic E-state index is 12.6. The number of aromatic nitrogens is 2. The molecule has 1 aliphatic rings. The van der Waals surface area contributed by atoms with Gasteiger partial charge in [0.2, 0.25) is 0 Å². The Balaban J connectivity index is 1.73. The summed E-state index contributed by atoms with van der Waals surface area (Å²) >= 11 is 0. The molecule has 0 radical (unpaired) electrons. The quantitative estimate of drug-likeness (QED) is 0.886. The molecular formula is C17H21N3O3S. The number of aromatic amines is 1. The lowest BCUT2D eigenvalue weighted by Crippen LogP contribution is -2.41. The molecule has 0 unspecified atom stereocenters. The SMILES string of the molecule is CS(=O)(=O)[C@@H]1CCC[C@H](NC(=O)c2cn[nH]c2-c2ccccc2)C1. The van der Waals surface area contributed by atoms with Crippen LogP contribution in [0.25, 0.3) is 11.3 Å². The Morgan fingerprint density at radius 1 is 1.25 bits per heavy atom. The second kappa shape index (κ2) is 6.76. The highest BCUT2D eigenvalue weighted by molar-refractivity contribution is 7.91. The number of hydrogen-bond acceptors (Lipinski definition) is 4. The van der Waals surface area contributed by atoms with Gasteiger partial charge in [-0.3, -0.25) is 9.89 Å². The molecule has 2 aromatic rings. The molecule has 1 aliphatic carbocycles. The molecule has 1 fully saturated rings. The molecular weight excluding hydrogens is 326 g/mol. The molecule has 1 saturated carbocycles. The van der Waals surface area contributed by atoms with E-state index in [4.69, 9.17) is 0 Å². The summed E-state index contributed by atoms with van der Waals surface area (Å²) in [5.74, 6) is -0.221. The Hall–Kier alpha value is -2.15. The summed E-state index contributed by atoms with van der Waals surface area (Å²) in [7, 11) is -3.07. The van der Waals surface area contributed by atoms with Crippen molar-refractivity contribution >= 4 is 15.7 Å². The van der Waals surface area contributed by atoms with Crippen LogP contribution >= 0.6 is 0 Å². The van der Waals surface area contributed by atoms with Crippen LogP contribution < -0.4 is 5.32 Å². The number of nitrogens with zero attached hydrogens (tertiary/aromatic N) is 1. The van der Waals surface area contributed by atoms with Gasteiger partial charge in [-0.2, -0.15) is 5.10 Å². The molecule has 7 heteroatoms. The lowest BCUT2D eigenvalue weighted by Gasteiger charge is -2.28. The fourth-order valence-electron chi connectivity index (χ4n) is 3.21. The van der Waals surface area contributed by atoms with E-state index in [0.717, 1.165) is 18.4 Å². The first kappa shape index (κ1) is 16.7. The third-order valence-electron chi connectivity index (χ3n) is 4.51. The van der Waals surface area contributed by atoms with Crippen LogP contribution in [0.1, 0.15) is 36.0 Å². The highest BCUT2D eigenvalue weighted by atomic mass is 32.2. The van der Waals surface area contributed by atoms with Gasteiger partial charge in [-0.25, -0.2) is 8.42 Å². The zero-order valence-corrected chi connectivity index (χ0v) is 14.3. The van der Waals surface area contributed by atoms with Crippen molar-refractivity contribution in [1.29, 1.82) is 0 Å². The Kier molecular flexibility index (Phi) is 4.71. The number of nitrogens with one attached hydrogen (secondary N) is 2. The van der Waals surface area contributed by atoms with Crippen molar-refractivity contribution < 1.29 is 13.2 Å². The number of rotatable bonds is 4. The summed E-state index contributed by atoms with van der Waals surface area (Å²) in [6, 6.07) is 9.40. The molecule has 1 aromatic heterocycles. The second-order valence-electron chi connectivity index (χ2n) is 6.31. The van der Waals surface area contributed by atoms with Gasteiger partial charge in [-0.1, -0.05) is 36.8 Å². The van der Waals surface area contributed by atoms with Gasteiger partial charge in [0.15, 0.2) is 0 Å². The summed E-state index contributed by atoms with van der Waals surface area (Å²) in [6.07, 6.45) is 5.53. The molecule has 1 amide bonds. The smallest absolute Gasteiger partial charge is 0.255 e. The Morgan fingerprint density at radius 3 is 2.71 bits per heavy atom. The molecule has 0 bridgehead atoms. The van der Waals surface area contributed by atoms with Gasteiger partial charge in [0.1, 0.15) is 9.84 Å². The van der Waals surface area contributed by atoms with Crippen LogP contribution in [0, 0.1) is 0 Å². The van der Waals surface area contributed by atoms with Gasteiger partial charge in [0.05, 0.1) is 22.7 Å². The Bertz CT molecular complexity index is 815. The van der Waals surface area contributed by atoms with Crippen molar-refractivity contribution in [2.75, 3.05) is 6.26 Å². The fourth-order valence-corrected chi connectivity index (χ4v) is 4.39. The van der Waals surface area contributed by atoms with Crippen molar-refractivity contribution in [3.63, 3.8) is 0 Å². The van der Waals surface area contributed by atoms with E-state index in [9.17, 15) is 13.2 Å². The molecule has 6 nitrogen and oxygen atoms in total. The van der Waals surface area contributed by atoms with Crippen LogP contribution in [-0.2, 0) is 9.84 Å². The van der Waals surface area contributed by atoms with Crippen molar-refractivity contribution in [2.45, 2.75) is 37.0 Å². The van der Waals surface area contributed by atoms with Crippen molar-refractivity contribution in [2.24, 2.45) is 0 Å². The normalized spacial score (nSPS) is 21.4. The third-order valence-corrected chi connectivity index (χ3v) is 6.15. The Morgan fingerprint density at radius 2 is 2.00 bits per heavy atom. The van der Waals surface area contributed by atoms with Crippen LogP contribution in [0.4, 0.5) is 0 Å². The van der Waals surface area contributed by atoms with E-state index >= 15 is 0 Å².